The number of hydrogen-bond donors (Lipinski definition) is 0. The van der Waals surface area contributed by atoms with E-state index in [1.807, 2.05) is 30.3 Å². The summed E-state index contributed by atoms with van der Waals surface area (Å²) in [6.45, 7) is 0. The van der Waals surface area contributed by atoms with Crippen LogP contribution in [-0.4, -0.2) is 27.6 Å². The van der Waals surface area contributed by atoms with Crippen molar-refractivity contribution in [2.24, 2.45) is 0 Å². The van der Waals surface area contributed by atoms with Crippen LogP contribution in [0, 0.1) is 0 Å². The topological polar surface area (TPSA) is 87.0 Å². The summed E-state index contributed by atoms with van der Waals surface area (Å²) in [5.41, 5.74) is 0.381. The van der Waals surface area contributed by atoms with E-state index in [-0.39, 0.29) is 21.5 Å². The molecule has 0 bridgehead atoms. The number of hydrogen-bond acceptors (Lipinski definition) is 7. The average Bonchev–Trinajstić information content (AvgIpc) is 3.56. The van der Waals surface area contributed by atoms with Crippen molar-refractivity contribution in [2.75, 3.05) is 0 Å². The molecule has 37 heavy (non-hydrogen) atoms. The van der Waals surface area contributed by atoms with Crippen molar-refractivity contribution in [1.29, 1.82) is 0 Å². The van der Waals surface area contributed by atoms with Gasteiger partial charge in [-0.1, -0.05) is 41.9 Å². The van der Waals surface area contributed by atoms with Gasteiger partial charge in [0.1, 0.15) is 21.5 Å². The number of aromatic nitrogens is 4. The van der Waals surface area contributed by atoms with Gasteiger partial charge in [-0.3, -0.25) is 0 Å². The van der Waals surface area contributed by atoms with Crippen LogP contribution in [0.3, 0.4) is 0 Å². The fraction of sp³-hybridized carbons (Fsp3) is 0.0417. The highest BCUT2D eigenvalue weighted by molar-refractivity contribution is 7.89. The van der Waals surface area contributed by atoms with Gasteiger partial charge in [-0.2, -0.15) is 30.8 Å². The highest BCUT2D eigenvalue weighted by atomic mass is 35.5. The lowest BCUT2D eigenvalue weighted by Gasteiger charge is -2.10. The van der Waals surface area contributed by atoms with Crippen LogP contribution in [0.15, 0.2) is 90.2 Å². The molecule has 3 aromatic heterocycles. The van der Waals surface area contributed by atoms with Crippen molar-refractivity contribution in [3.05, 3.63) is 95.9 Å². The second kappa shape index (κ2) is 9.61. The summed E-state index contributed by atoms with van der Waals surface area (Å²) in [4.78, 5) is 8.63. The van der Waals surface area contributed by atoms with Crippen LogP contribution < -0.4 is 4.74 Å². The lowest BCUT2D eigenvalue weighted by atomic mass is 10.2. The van der Waals surface area contributed by atoms with Crippen LogP contribution >= 0.6 is 22.9 Å². The van der Waals surface area contributed by atoms with Crippen LogP contribution in [0.4, 0.5) is 13.2 Å². The largest absolute Gasteiger partial charge is 0.438 e. The highest BCUT2D eigenvalue weighted by Crippen LogP contribution is 2.35. The molecule has 5 aromatic rings. The normalized spacial score (nSPS) is 12.0. The smallest absolute Gasteiger partial charge is 0.417 e. The van der Waals surface area contributed by atoms with Gasteiger partial charge in [-0.05, 0) is 36.4 Å². The van der Waals surface area contributed by atoms with Crippen molar-refractivity contribution in [2.45, 2.75) is 11.1 Å². The number of ether oxygens (including phenoxy) is 1. The maximum Gasteiger partial charge on any atom is 0.417 e. The zero-order chi connectivity index (χ0) is 26.2. The minimum absolute atomic E-state index is 0.0738. The van der Waals surface area contributed by atoms with Gasteiger partial charge in [0.15, 0.2) is 0 Å². The fourth-order valence-corrected chi connectivity index (χ4v) is 5.44. The van der Waals surface area contributed by atoms with Gasteiger partial charge in [0.25, 0.3) is 10.0 Å². The number of alkyl halides is 3. The Labute approximate surface area is 217 Å². The van der Waals surface area contributed by atoms with Crippen molar-refractivity contribution in [1.82, 2.24) is 19.2 Å². The average molecular weight is 563 g/mol. The van der Waals surface area contributed by atoms with Crippen LogP contribution in [0.5, 0.6) is 11.6 Å². The van der Waals surface area contributed by atoms with Crippen LogP contribution in [0.25, 0.3) is 21.1 Å². The number of benzene rings is 2. The molecule has 0 spiro atoms. The van der Waals surface area contributed by atoms with E-state index < -0.39 is 21.8 Å². The Bertz CT molecular complexity index is 1670. The Hall–Kier alpha value is -3.74. The van der Waals surface area contributed by atoms with Crippen LogP contribution in [0.2, 0.25) is 5.02 Å². The second-order valence-corrected chi connectivity index (χ2v) is 10.8. The maximum absolute atomic E-state index is 13.1. The Morgan fingerprint density at radius 1 is 0.946 bits per heavy atom. The minimum Gasteiger partial charge on any atom is -0.438 e. The first-order valence-electron chi connectivity index (χ1n) is 10.4. The third-order valence-electron chi connectivity index (χ3n) is 5.06. The first kappa shape index (κ1) is 24.9. The molecule has 0 saturated heterocycles. The van der Waals surface area contributed by atoms with Gasteiger partial charge in [-0.15, -0.1) is 11.3 Å². The van der Waals surface area contributed by atoms with Gasteiger partial charge in [0.2, 0.25) is 5.88 Å². The molecule has 0 aliphatic carbocycles. The molecular weight excluding hydrogens is 549 g/mol. The van der Waals surface area contributed by atoms with E-state index in [1.165, 1.54) is 41.8 Å². The zero-order valence-electron chi connectivity index (χ0n) is 18.4. The third kappa shape index (κ3) is 5.22. The second-order valence-electron chi connectivity index (χ2n) is 7.56. The van der Waals surface area contributed by atoms with E-state index in [0.29, 0.717) is 22.8 Å². The molecule has 0 radical (unpaired) electrons. The molecule has 0 aliphatic rings. The summed E-state index contributed by atoms with van der Waals surface area (Å²) >= 11 is 7.25. The van der Waals surface area contributed by atoms with Crippen LogP contribution in [-0.2, 0) is 16.2 Å². The number of rotatable bonds is 6. The summed E-state index contributed by atoms with van der Waals surface area (Å²) in [5, 5.41) is 4.66. The molecule has 2 aromatic carbocycles. The zero-order valence-corrected chi connectivity index (χ0v) is 20.8. The standard InChI is InChI=1S/C24H14ClF3N4O3S2/c25-19-12-16(24(26,27)28)13-29-22(19)35-17-6-8-18(9-7-17)37(33,34)32-11-10-20(31-32)21-14-30-23(36-21)15-4-2-1-3-5-15/h1-14H. The Kier molecular flexibility index (Phi) is 6.48. The predicted molar refractivity (Wildman–Crippen MR) is 132 cm³/mol. The Morgan fingerprint density at radius 3 is 2.35 bits per heavy atom. The van der Waals surface area contributed by atoms with Gasteiger partial charge in [0.05, 0.1) is 15.3 Å². The molecule has 0 unspecified atom stereocenters. The van der Waals surface area contributed by atoms with Gasteiger partial charge >= 0.3 is 6.18 Å². The maximum atomic E-state index is 13.1. The molecule has 0 amide bonds. The monoisotopic (exact) mass is 562 g/mol. The van der Waals surface area contributed by atoms with E-state index in [2.05, 4.69) is 15.1 Å². The van der Waals surface area contributed by atoms with Gasteiger partial charge in [-0.25, -0.2) is 9.97 Å². The third-order valence-corrected chi connectivity index (χ3v) is 7.97. The van der Waals surface area contributed by atoms with Crippen molar-refractivity contribution < 1.29 is 26.3 Å². The molecule has 0 fully saturated rings. The molecule has 0 atom stereocenters. The fourth-order valence-electron chi connectivity index (χ4n) is 3.23. The number of halogens is 4. The molecule has 0 N–H and O–H groups in total. The SMILES string of the molecule is O=S(=O)(c1ccc(Oc2ncc(C(F)(F)F)cc2Cl)cc1)n1ccc(-c2cnc(-c3ccccc3)s2)n1. The predicted octanol–water partition coefficient (Wildman–Crippen LogP) is 6.77. The molecular formula is C24H14ClF3N4O3S2. The summed E-state index contributed by atoms with van der Waals surface area (Å²) < 4.78 is 70.8. The summed E-state index contributed by atoms with van der Waals surface area (Å²) in [5.74, 6) is -0.117. The molecule has 7 nitrogen and oxygen atoms in total. The summed E-state index contributed by atoms with van der Waals surface area (Å²) in [7, 11) is -4.02. The van der Waals surface area contributed by atoms with Crippen molar-refractivity contribution >= 4 is 33.0 Å². The Balaban J connectivity index is 1.33. The number of nitrogens with zero attached hydrogens (tertiary/aromatic N) is 4. The molecule has 3 heterocycles. The number of thiazole rings is 1. The summed E-state index contributed by atoms with van der Waals surface area (Å²) in [6, 6.07) is 17.1. The van der Waals surface area contributed by atoms with Gasteiger partial charge in [0, 0.05) is 24.2 Å². The lowest BCUT2D eigenvalue weighted by molar-refractivity contribution is -0.137. The van der Waals surface area contributed by atoms with E-state index >= 15 is 0 Å². The minimum atomic E-state index is -4.60. The van der Waals surface area contributed by atoms with E-state index in [9.17, 15) is 21.6 Å². The lowest BCUT2D eigenvalue weighted by Crippen LogP contribution is -2.13. The molecule has 0 saturated carbocycles. The Morgan fingerprint density at radius 2 is 1.68 bits per heavy atom. The quantitative estimate of drug-likeness (QED) is 0.227. The van der Waals surface area contributed by atoms with E-state index in [0.717, 1.165) is 14.7 Å². The first-order chi connectivity index (χ1) is 17.6. The summed E-state index contributed by atoms with van der Waals surface area (Å²) in [6.07, 6.45) is -1.02. The molecule has 0 aliphatic heterocycles. The van der Waals surface area contributed by atoms with Gasteiger partial charge < -0.3 is 4.74 Å². The van der Waals surface area contributed by atoms with Crippen molar-refractivity contribution in [3.8, 4) is 32.8 Å². The molecule has 13 heteroatoms. The molecule has 188 valence electrons. The van der Waals surface area contributed by atoms with Crippen LogP contribution in [0.1, 0.15) is 5.56 Å². The number of pyridine rings is 1. The van der Waals surface area contributed by atoms with E-state index in [1.54, 1.807) is 12.3 Å². The molecule has 5 rings (SSSR count). The highest BCUT2D eigenvalue weighted by Gasteiger charge is 2.32. The van der Waals surface area contributed by atoms with Crippen molar-refractivity contribution in [3.63, 3.8) is 0 Å². The van der Waals surface area contributed by atoms with E-state index in [4.69, 9.17) is 16.3 Å². The first-order valence-corrected chi connectivity index (χ1v) is 13.1.